The Labute approximate surface area is 179 Å². The molecule has 1 aliphatic rings. The summed E-state index contributed by atoms with van der Waals surface area (Å²) >= 11 is 0. The number of ether oxygens (including phenoxy) is 2. The number of carbonyl (C=O) groups is 1. The molecule has 2 heterocycles. The lowest BCUT2D eigenvalue weighted by Crippen LogP contribution is -2.37. The van der Waals surface area contributed by atoms with Gasteiger partial charge < -0.3 is 19.3 Å². The third kappa shape index (κ3) is 6.85. The largest absolute Gasteiger partial charge is 0.468 e. The number of aromatic nitrogens is 1. The van der Waals surface area contributed by atoms with Crippen LogP contribution < -0.4 is 9.64 Å². The summed E-state index contributed by atoms with van der Waals surface area (Å²) in [5, 5.41) is 0. The first-order chi connectivity index (χ1) is 14.7. The first kappa shape index (κ1) is 22.9. The van der Waals surface area contributed by atoms with Gasteiger partial charge in [-0.3, -0.25) is 4.79 Å². The van der Waals surface area contributed by atoms with Crippen LogP contribution in [0.3, 0.4) is 0 Å². The highest BCUT2D eigenvalue weighted by Crippen LogP contribution is 2.20. The average Bonchev–Trinajstić information content (AvgIpc) is 3.25. The van der Waals surface area contributed by atoms with Gasteiger partial charge in [-0.05, 0) is 36.6 Å². The molecule has 1 aromatic carbocycles. The number of nitrogens with zero attached hydrogens (tertiary/aromatic N) is 3. The molecular weight excluding hydrogens is 411 g/mol. The maximum Gasteiger partial charge on any atom is 0.422 e. The van der Waals surface area contributed by atoms with Crippen LogP contribution in [-0.4, -0.2) is 61.9 Å². The normalized spacial score (nSPS) is 16.2. The fraction of sp³-hybridized carbons (Fsp3) is 0.455. The van der Waals surface area contributed by atoms with Gasteiger partial charge in [-0.15, -0.1) is 0 Å². The van der Waals surface area contributed by atoms with Gasteiger partial charge >= 0.3 is 6.18 Å². The van der Waals surface area contributed by atoms with Gasteiger partial charge in [0.05, 0.1) is 11.7 Å². The van der Waals surface area contributed by atoms with Gasteiger partial charge in [-0.25, -0.2) is 4.98 Å². The van der Waals surface area contributed by atoms with E-state index in [0.717, 1.165) is 24.1 Å². The van der Waals surface area contributed by atoms with E-state index in [1.165, 1.54) is 18.3 Å². The zero-order chi connectivity index (χ0) is 22.4. The van der Waals surface area contributed by atoms with Crippen molar-refractivity contribution in [3.63, 3.8) is 0 Å². The molecule has 0 radical (unpaired) electrons. The zero-order valence-electron chi connectivity index (χ0n) is 17.6. The minimum Gasteiger partial charge on any atom is -0.468 e. The molecule has 1 unspecified atom stereocenters. The Morgan fingerprint density at radius 3 is 2.48 bits per heavy atom. The van der Waals surface area contributed by atoms with E-state index in [0.29, 0.717) is 19.7 Å². The topological polar surface area (TPSA) is 54.9 Å². The zero-order valence-corrected chi connectivity index (χ0v) is 17.6. The molecule has 168 valence electrons. The smallest absolute Gasteiger partial charge is 0.422 e. The standard InChI is InChI=1S/C22H26F3N3O3/c1-27(2)18-8-5-16(6-9-18)13-28(14-19-4-3-11-30-19)21(29)17-7-10-20(26-12-17)31-15-22(23,24)25/h5-10,12,19H,3-4,11,13-15H2,1-2H3. The molecule has 1 saturated heterocycles. The molecule has 31 heavy (non-hydrogen) atoms. The van der Waals surface area contributed by atoms with Gasteiger partial charge in [-0.2, -0.15) is 13.2 Å². The van der Waals surface area contributed by atoms with Crippen LogP contribution in [0.4, 0.5) is 18.9 Å². The van der Waals surface area contributed by atoms with E-state index in [2.05, 4.69) is 9.72 Å². The molecular formula is C22H26F3N3O3. The van der Waals surface area contributed by atoms with Gasteiger partial charge in [0.1, 0.15) is 0 Å². The summed E-state index contributed by atoms with van der Waals surface area (Å²) in [5.74, 6) is -0.444. The van der Waals surface area contributed by atoms with Gasteiger partial charge in [0.2, 0.25) is 5.88 Å². The second-order valence-electron chi connectivity index (χ2n) is 7.67. The number of pyridine rings is 1. The molecule has 1 amide bonds. The van der Waals surface area contributed by atoms with Gasteiger partial charge in [0.15, 0.2) is 6.61 Å². The molecule has 0 N–H and O–H groups in total. The molecule has 6 nitrogen and oxygen atoms in total. The third-order valence-electron chi connectivity index (χ3n) is 4.93. The minimum absolute atomic E-state index is 0.0349. The van der Waals surface area contributed by atoms with Crippen LogP contribution >= 0.6 is 0 Å². The number of benzene rings is 1. The highest BCUT2D eigenvalue weighted by molar-refractivity contribution is 5.94. The van der Waals surface area contributed by atoms with E-state index in [9.17, 15) is 18.0 Å². The Morgan fingerprint density at radius 2 is 1.94 bits per heavy atom. The molecule has 1 fully saturated rings. The number of hydrogen-bond acceptors (Lipinski definition) is 5. The summed E-state index contributed by atoms with van der Waals surface area (Å²) < 4.78 is 47.2. The average molecular weight is 437 g/mol. The van der Waals surface area contributed by atoms with Crippen molar-refractivity contribution in [2.75, 3.05) is 38.8 Å². The molecule has 2 aromatic rings. The number of rotatable bonds is 8. The van der Waals surface area contributed by atoms with Crippen molar-refractivity contribution in [1.29, 1.82) is 0 Å². The van der Waals surface area contributed by atoms with Gasteiger partial charge in [-0.1, -0.05) is 12.1 Å². The minimum atomic E-state index is -4.45. The second kappa shape index (κ2) is 10.00. The second-order valence-corrected chi connectivity index (χ2v) is 7.67. The lowest BCUT2D eigenvalue weighted by molar-refractivity contribution is -0.154. The van der Waals surface area contributed by atoms with Crippen molar-refractivity contribution in [3.8, 4) is 5.88 Å². The van der Waals surface area contributed by atoms with Crippen LogP contribution in [0.25, 0.3) is 0 Å². The van der Waals surface area contributed by atoms with Crippen molar-refractivity contribution in [2.24, 2.45) is 0 Å². The number of amides is 1. The molecule has 3 rings (SSSR count). The van der Waals surface area contributed by atoms with Crippen molar-refractivity contribution in [2.45, 2.75) is 31.7 Å². The Kier molecular flexibility index (Phi) is 7.37. The summed E-state index contributed by atoms with van der Waals surface area (Å²) in [6.07, 6.45) is -1.40. The van der Waals surface area contributed by atoms with Crippen LogP contribution in [0.15, 0.2) is 42.6 Å². The first-order valence-electron chi connectivity index (χ1n) is 10.0. The highest BCUT2D eigenvalue weighted by Gasteiger charge is 2.29. The van der Waals surface area contributed by atoms with E-state index in [1.807, 2.05) is 43.3 Å². The van der Waals surface area contributed by atoms with Gasteiger partial charge in [0, 0.05) is 51.7 Å². The summed E-state index contributed by atoms with van der Waals surface area (Å²) in [4.78, 5) is 20.7. The molecule has 1 aromatic heterocycles. The van der Waals surface area contributed by atoms with Crippen LogP contribution in [-0.2, 0) is 11.3 Å². The fourth-order valence-electron chi connectivity index (χ4n) is 3.30. The van der Waals surface area contributed by atoms with E-state index >= 15 is 0 Å². The maximum atomic E-state index is 13.1. The molecule has 0 bridgehead atoms. The van der Waals surface area contributed by atoms with Crippen LogP contribution in [0.2, 0.25) is 0 Å². The molecule has 9 heteroatoms. The van der Waals surface area contributed by atoms with Crippen molar-refractivity contribution < 1.29 is 27.4 Å². The molecule has 1 aliphatic heterocycles. The predicted octanol–water partition coefficient (Wildman–Crippen LogP) is 3.91. The molecule has 1 atom stereocenters. The Hall–Kier alpha value is -2.81. The van der Waals surface area contributed by atoms with Gasteiger partial charge in [0.25, 0.3) is 5.91 Å². The molecule has 0 spiro atoms. The number of carbonyl (C=O) groups excluding carboxylic acids is 1. The summed E-state index contributed by atoms with van der Waals surface area (Å²) in [7, 11) is 3.91. The van der Waals surface area contributed by atoms with E-state index < -0.39 is 12.8 Å². The Balaban J connectivity index is 1.72. The van der Waals surface area contributed by atoms with Crippen LogP contribution in [0.1, 0.15) is 28.8 Å². The monoisotopic (exact) mass is 437 g/mol. The fourth-order valence-corrected chi connectivity index (χ4v) is 3.30. The number of hydrogen-bond donors (Lipinski definition) is 0. The SMILES string of the molecule is CN(C)c1ccc(CN(CC2CCCO2)C(=O)c2ccc(OCC(F)(F)F)nc2)cc1. The third-order valence-corrected chi connectivity index (χ3v) is 4.93. The molecule has 0 aliphatic carbocycles. The lowest BCUT2D eigenvalue weighted by atomic mass is 10.1. The highest BCUT2D eigenvalue weighted by atomic mass is 19.4. The maximum absolute atomic E-state index is 13.1. The first-order valence-corrected chi connectivity index (χ1v) is 10.0. The van der Waals surface area contributed by atoms with E-state index in [1.54, 1.807) is 4.90 Å². The Bertz CT molecular complexity index is 849. The number of alkyl halides is 3. The van der Waals surface area contributed by atoms with Crippen LogP contribution in [0.5, 0.6) is 5.88 Å². The lowest BCUT2D eigenvalue weighted by Gasteiger charge is -2.26. The number of halogens is 3. The van der Waals surface area contributed by atoms with E-state index in [4.69, 9.17) is 4.74 Å². The quantitative estimate of drug-likeness (QED) is 0.627. The number of anilines is 1. The van der Waals surface area contributed by atoms with Crippen molar-refractivity contribution >= 4 is 11.6 Å². The Morgan fingerprint density at radius 1 is 1.19 bits per heavy atom. The van der Waals surface area contributed by atoms with Crippen LogP contribution in [0, 0.1) is 0 Å². The molecule has 0 saturated carbocycles. The van der Waals surface area contributed by atoms with Crippen molar-refractivity contribution in [3.05, 3.63) is 53.7 Å². The van der Waals surface area contributed by atoms with E-state index in [-0.39, 0.29) is 23.5 Å². The van der Waals surface area contributed by atoms with Crippen molar-refractivity contribution in [1.82, 2.24) is 9.88 Å². The summed E-state index contributed by atoms with van der Waals surface area (Å²) in [5.41, 5.74) is 2.30. The summed E-state index contributed by atoms with van der Waals surface area (Å²) in [6, 6.07) is 10.6. The summed E-state index contributed by atoms with van der Waals surface area (Å²) in [6.45, 7) is 0.0672. The predicted molar refractivity (Wildman–Crippen MR) is 110 cm³/mol.